The maximum Gasteiger partial charge on any atom is 0.304 e. The molecule has 0 fully saturated rings. The molecule has 0 aliphatic rings. The molecule has 0 atom stereocenters. The Morgan fingerprint density at radius 1 is 1.09 bits per heavy atom. The Bertz CT molecular complexity index is 332. The summed E-state index contributed by atoms with van der Waals surface area (Å²) in [6.07, 6.45) is 8.19. The van der Waals surface area contributed by atoms with Gasteiger partial charge >= 0.3 is 5.97 Å². The molecule has 0 aromatic rings. The number of carboxylic acids is 1. The van der Waals surface area contributed by atoms with Crippen molar-refractivity contribution in [1.29, 1.82) is 0 Å². The molecule has 6 nitrogen and oxygen atoms in total. The van der Waals surface area contributed by atoms with Crippen LogP contribution in [0.1, 0.15) is 45.4 Å². The fourth-order valence-electron chi connectivity index (χ4n) is 1.94. The topological polar surface area (TPSA) is 89.9 Å². The smallest absolute Gasteiger partial charge is 0.304 e. The normalized spacial score (nSPS) is 11.2. The van der Waals surface area contributed by atoms with E-state index in [9.17, 15) is 9.59 Å². The summed E-state index contributed by atoms with van der Waals surface area (Å²) >= 11 is 0. The van der Waals surface area contributed by atoms with E-state index < -0.39 is 5.97 Å². The molecule has 0 radical (unpaired) electrons. The SMILES string of the molecule is CCC/C=C/CCC(=O)NCCN(CCCO)CCC(=O)O. The second-order valence-electron chi connectivity index (χ2n) is 5.21. The van der Waals surface area contributed by atoms with Crippen molar-refractivity contribution in [3.63, 3.8) is 0 Å². The van der Waals surface area contributed by atoms with Crippen LogP contribution < -0.4 is 5.32 Å². The van der Waals surface area contributed by atoms with Crippen LogP contribution in [0.25, 0.3) is 0 Å². The molecule has 0 heterocycles. The minimum atomic E-state index is -0.836. The Morgan fingerprint density at radius 3 is 2.45 bits per heavy atom. The Labute approximate surface area is 133 Å². The van der Waals surface area contributed by atoms with Crippen LogP contribution >= 0.6 is 0 Å². The molecule has 0 aliphatic heterocycles. The number of nitrogens with one attached hydrogen (secondary N) is 1. The molecule has 0 bridgehead atoms. The molecule has 0 rings (SSSR count). The molecule has 0 aromatic heterocycles. The van der Waals surface area contributed by atoms with E-state index in [-0.39, 0.29) is 18.9 Å². The van der Waals surface area contributed by atoms with Crippen molar-refractivity contribution in [1.82, 2.24) is 10.2 Å². The highest BCUT2D eigenvalue weighted by molar-refractivity contribution is 5.75. The van der Waals surface area contributed by atoms with Gasteiger partial charge in [-0.15, -0.1) is 0 Å². The Balaban J connectivity index is 3.84. The summed E-state index contributed by atoms with van der Waals surface area (Å²) in [6.45, 7) is 4.38. The number of aliphatic carboxylic acids is 1. The number of amides is 1. The summed E-state index contributed by atoms with van der Waals surface area (Å²) in [5, 5.41) is 20.4. The van der Waals surface area contributed by atoms with E-state index in [1.165, 1.54) is 0 Å². The minimum absolute atomic E-state index is 0.0153. The third-order valence-corrected chi connectivity index (χ3v) is 3.18. The lowest BCUT2D eigenvalue weighted by Crippen LogP contribution is -2.36. The van der Waals surface area contributed by atoms with Crippen LogP contribution in [0.3, 0.4) is 0 Å². The Morgan fingerprint density at radius 2 is 1.82 bits per heavy atom. The summed E-state index contributed by atoms with van der Waals surface area (Å²) in [6, 6.07) is 0. The van der Waals surface area contributed by atoms with Gasteiger partial charge in [0, 0.05) is 39.2 Å². The number of carbonyl (C=O) groups excluding carboxylic acids is 1. The van der Waals surface area contributed by atoms with Crippen LogP contribution in [0.2, 0.25) is 0 Å². The molecule has 0 spiro atoms. The van der Waals surface area contributed by atoms with Gasteiger partial charge in [0.1, 0.15) is 0 Å². The van der Waals surface area contributed by atoms with Crippen molar-refractivity contribution in [2.24, 2.45) is 0 Å². The van der Waals surface area contributed by atoms with Gasteiger partial charge in [0.05, 0.1) is 6.42 Å². The first-order valence-corrected chi connectivity index (χ1v) is 8.06. The summed E-state index contributed by atoms with van der Waals surface area (Å²) < 4.78 is 0. The van der Waals surface area contributed by atoms with Crippen LogP contribution in [0.15, 0.2) is 12.2 Å². The second-order valence-corrected chi connectivity index (χ2v) is 5.21. The zero-order valence-corrected chi connectivity index (χ0v) is 13.6. The third-order valence-electron chi connectivity index (χ3n) is 3.18. The lowest BCUT2D eigenvalue weighted by atomic mass is 10.2. The number of aliphatic hydroxyl groups excluding tert-OH is 1. The van der Waals surface area contributed by atoms with Crippen molar-refractivity contribution in [2.45, 2.75) is 45.4 Å². The molecule has 6 heteroatoms. The van der Waals surface area contributed by atoms with E-state index >= 15 is 0 Å². The van der Waals surface area contributed by atoms with Gasteiger partial charge in [0.25, 0.3) is 0 Å². The first-order chi connectivity index (χ1) is 10.6. The van der Waals surface area contributed by atoms with Crippen LogP contribution in [-0.4, -0.2) is 59.8 Å². The lowest BCUT2D eigenvalue weighted by molar-refractivity contribution is -0.137. The van der Waals surface area contributed by atoms with Crippen LogP contribution in [0.4, 0.5) is 0 Å². The van der Waals surface area contributed by atoms with Gasteiger partial charge in [-0.25, -0.2) is 0 Å². The largest absolute Gasteiger partial charge is 0.481 e. The molecule has 3 N–H and O–H groups in total. The van der Waals surface area contributed by atoms with E-state index in [0.29, 0.717) is 39.0 Å². The van der Waals surface area contributed by atoms with Gasteiger partial charge in [-0.05, 0) is 19.3 Å². The monoisotopic (exact) mass is 314 g/mol. The zero-order valence-electron chi connectivity index (χ0n) is 13.6. The highest BCUT2D eigenvalue weighted by Gasteiger charge is 2.08. The first kappa shape index (κ1) is 20.6. The first-order valence-electron chi connectivity index (χ1n) is 8.06. The Hall–Kier alpha value is -1.40. The maximum atomic E-state index is 11.6. The van der Waals surface area contributed by atoms with Crippen molar-refractivity contribution in [2.75, 3.05) is 32.8 Å². The average Bonchev–Trinajstić information content (AvgIpc) is 2.49. The summed E-state index contributed by atoms with van der Waals surface area (Å²) in [5.74, 6) is -0.821. The standard InChI is InChI=1S/C16H30N2O4/c1-2-3-4-5-6-8-15(20)17-10-13-18(11-7-14-19)12-9-16(21)22/h4-5,19H,2-3,6-14H2,1H3,(H,17,20)(H,21,22)/b5-4+. The fourth-order valence-corrected chi connectivity index (χ4v) is 1.94. The van der Waals surface area contributed by atoms with Gasteiger partial charge in [0.2, 0.25) is 5.91 Å². The molecule has 0 aliphatic carbocycles. The van der Waals surface area contributed by atoms with Gasteiger partial charge < -0.3 is 20.4 Å². The molecule has 0 unspecified atom stereocenters. The minimum Gasteiger partial charge on any atom is -0.481 e. The van der Waals surface area contributed by atoms with E-state index in [2.05, 4.69) is 18.3 Å². The van der Waals surface area contributed by atoms with Crippen molar-refractivity contribution in [3.05, 3.63) is 12.2 Å². The summed E-state index contributed by atoms with van der Waals surface area (Å²) in [5.41, 5.74) is 0. The van der Waals surface area contributed by atoms with E-state index in [0.717, 1.165) is 19.3 Å². The number of unbranched alkanes of at least 4 members (excludes halogenated alkanes) is 1. The lowest BCUT2D eigenvalue weighted by Gasteiger charge is -2.21. The molecule has 0 saturated heterocycles. The number of hydrogen-bond donors (Lipinski definition) is 3. The number of allylic oxidation sites excluding steroid dienone is 2. The molecule has 1 amide bonds. The molecule has 128 valence electrons. The van der Waals surface area contributed by atoms with E-state index in [1.54, 1.807) is 0 Å². The highest BCUT2D eigenvalue weighted by Crippen LogP contribution is 1.96. The van der Waals surface area contributed by atoms with Crippen LogP contribution in [-0.2, 0) is 9.59 Å². The number of hydrogen-bond acceptors (Lipinski definition) is 4. The number of rotatable bonds is 14. The van der Waals surface area contributed by atoms with Gasteiger partial charge in [-0.1, -0.05) is 25.5 Å². The van der Waals surface area contributed by atoms with Crippen molar-refractivity contribution >= 4 is 11.9 Å². The predicted molar refractivity (Wildman–Crippen MR) is 86.7 cm³/mol. The van der Waals surface area contributed by atoms with Gasteiger partial charge in [0.15, 0.2) is 0 Å². The second kappa shape index (κ2) is 14.5. The number of aliphatic hydroxyl groups is 1. The molecular formula is C16H30N2O4. The molecular weight excluding hydrogens is 284 g/mol. The molecule has 0 aromatic carbocycles. The summed E-state index contributed by atoms with van der Waals surface area (Å²) in [4.78, 5) is 24.2. The average molecular weight is 314 g/mol. The van der Waals surface area contributed by atoms with E-state index in [1.807, 2.05) is 11.0 Å². The van der Waals surface area contributed by atoms with Gasteiger partial charge in [-0.3, -0.25) is 9.59 Å². The fraction of sp³-hybridized carbons (Fsp3) is 0.750. The molecule has 22 heavy (non-hydrogen) atoms. The third kappa shape index (κ3) is 13.6. The number of carbonyl (C=O) groups is 2. The van der Waals surface area contributed by atoms with Crippen LogP contribution in [0.5, 0.6) is 0 Å². The highest BCUT2D eigenvalue weighted by atomic mass is 16.4. The summed E-state index contributed by atoms with van der Waals surface area (Å²) in [7, 11) is 0. The zero-order chi connectivity index (χ0) is 16.6. The van der Waals surface area contributed by atoms with Crippen molar-refractivity contribution in [3.8, 4) is 0 Å². The maximum absolute atomic E-state index is 11.6. The predicted octanol–water partition coefficient (Wildman–Crippen LogP) is 1.40. The molecule has 0 saturated carbocycles. The Kier molecular flexibility index (Phi) is 13.6. The van der Waals surface area contributed by atoms with Crippen LogP contribution in [0, 0.1) is 0 Å². The number of carboxylic acid groups (broad SMARTS) is 1. The van der Waals surface area contributed by atoms with Gasteiger partial charge in [-0.2, -0.15) is 0 Å². The van der Waals surface area contributed by atoms with Crippen molar-refractivity contribution < 1.29 is 19.8 Å². The number of nitrogens with zero attached hydrogens (tertiary/aromatic N) is 1. The van der Waals surface area contributed by atoms with E-state index in [4.69, 9.17) is 10.2 Å². The quantitative estimate of drug-likeness (QED) is 0.422.